The molecule has 0 saturated heterocycles. The number of hydrogen-bond acceptors (Lipinski definition) is 5. The SMILES string of the molecule is C#CCC(CC#CC(C)=O)(C(=O)OC)C(=O)OC. The first-order chi connectivity index (χ1) is 8.44. The number of ether oxygens (including phenoxy) is 2. The number of methoxy groups -OCH3 is 2. The van der Waals surface area contributed by atoms with Gasteiger partial charge in [-0.15, -0.1) is 12.3 Å². The lowest BCUT2D eigenvalue weighted by atomic mass is 9.81. The van der Waals surface area contributed by atoms with Crippen LogP contribution in [0.2, 0.25) is 0 Å². The van der Waals surface area contributed by atoms with Crippen LogP contribution in [-0.4, -0.2) is 31.9 Å². The number of carbonyl (C=O) groups excluding carboxylic acids is 3. The Hall–Kier alpha value is -2.27. The van der Waals surface area contributed by atoms with E-state index in [4.69, 9.17) is 6.42 Å². The minimum atomic E-state index is -1.68. The second kappa shape index (κ2) is 7.13. The third-order valence-corrected chi connectivity index (χ3v) is 2.21. The van der Waals surface area contributed by atoms with Gasteiger partial charge in [0.25, 0.3) is 0 Å². The maximum atomic E-state index is 11.7. The molecule has 0 rings (SSSR count). The van der Waals surface area contributed by atoms with Gasteiger partial charge in [-0.25, -0.2) is 0 Å². The molecule has 0 fully saturated rings. The molecule has 5 nitrogen and oxygen atoms in total. The Balaban J connectivity index is 5.43. The smallest absolute Gasteiger partial charge is 0.325 e. The molecule has 0 unspecified atom stereocenters. The molecule has 0 radical (unpaired) electrons. The Labute approximate surface area is 106 Å². The number of hydrogen-bond donors (Lipinski definition) is 0. The van der Waals surface area contributed by atoms with Crippen LogP contribution >= 0.6 is 0 Å². The molecule has 0 aromatic heterocycles. The topological polar surface area (TPSA) is 69.7 Å². The predicted molar refractivity (Wildman–Crippen MR) is 63.0 cm³/mol. The summed E-state index contributed by atoms with van der Waals surface area (Å²) in [5, 5.41) is 0. The normalized spacial score (nSPS) is 9.44. The number of ketones is 1. The monoisotopic (exact) mass is 250 g/mol. The van der Waals surface area contributed by atoms with Gasteiger partial charge >= 0.3 is 11.9 Å². The fourth-order valence-electron chi connectivity index (χ4n) is 1.32. The standard InChI is InChI=1S/C13H14O5/c1-5-8-13(11(15)17-3,12(16)18-4)9-6-7-10(2)14/h1H,8-9H2,2-4H3. The summed E-state index contributed by atoms with van der Waals surface area (Å²) in [6.45, 7) is 1.27. The first kappa shape index (κ1) is 15.7. The largest absolute Gasteiger partial charge is 0.468 e. The van der Waals surface area contributed by atoms with Crippen LogP contribution in [0.15, 0.2) is 0 Å². The van der Waals surface area contributed by atoms with Gasteiger partial charge in [0, 0.05) is 19.8 Å². The van der Waals surface area contributed by atoms with Crippen LogP contribution < -0.4 is 0 Å². The fraction of sp³-hybridized carbons (Fsp3) is 0.462. The Kier molecular flexibility index (Phi) is 6.23. The molecule has 96 valence electrons. The van der Waals surface area contributed by atoms with Gasteiger partial charge in [-0.1, -0.05) is 5.92 Å². The summed E-state index contributed by atoms with van der Waals surface area (Å²) >= 11 is 0. The predicted octanol–water partition coefficient (Wildman–Crippen LogP) is 0.325. The lowest BCUT2D eigenvalue weighted by Gasteiger charge is -2.23. The third-order valence-electron chi connectivity index (χ3n) is 2.21. The van der Waals surface area contributed by atoms with Gasteiger partial charge in [-0.05, 0) is 5.92 Å². The highest BCUT2D eigenvalue weighted by Gasteiger charge is 2.47. The van der Waals surface area contributed by atoms with Crippen molar-refractivity contribution in [2.45, 2.75) is 19.8 Å². The van der Waals surface area contributed by atoms with Gasteiger partial charge in [-0.3, -0.25) is 14.4 Å². The van der Waals surface area contributed by atoms with E-state index in [-0.39, 0.29) is 18.6 Å². The first-order valence-corrected chi connectivity index (χ1v) is 5.04. The molecule has 0 N–H and O–H groups in total. The Morgan fingerprint density at radius 1 is 1.11 bits per heavy atom. The van der Waals surface area contributed by atoms with Crippen LogP contribution in [0.3, 0.4) is 0 Å². The van der Waals surface area contributed by atoms with E-state index in [1.807, 2.05) is 0 Å². The van der Waals surface area contributed by atoms with Crippen molar-refractivity contribution in [2.24, 2.45) is 5.41 Å². The Morgan fingerprint density at radius 2 is 1.61 bits per heavy atom. The average molecular weight is 250 g/mol. The van der Waals surface area contributed by atoms with Crippen LogP contribution in [0, 0.1) is 29.6 Å². The molecule has 0 aromatic rings. The van der Waals surface area contributed by atoms with E-state index < -0.39 is 17.4 Å². The van der Waals surface area contributed by atoms with Crippen molar-refractivity contribution in [3.63, 3.8) is 0 Å². The number of esters is 2. The molecule has 0 aliphatic heterocycles. The van der Waals surface area contributed by atoms with Crippen molar-refractivity contribution in [3.05, 3.63) is 0 Å². The maximum absolute atomic E-state index is 11.7. The molecule has 0 heterocycles. The van der Waals surface area contributed by atoms with Gasteiger partial charge in [0.1, 0.15) is 0 Å². The summed E-state index contributed by atoms with van der Waals surface area (Å²) in [4.78, 5) is 34.2. The molecular weight excluding hydrogens is 236 g/mol. The molecule has 0 amide bonds. The average Bonchev–Trinajstić information content (AvgIpc) is 2.35. The van der Waals surface area contributed by atoms with Gasteiger partial charge < -0.3 is 9.47 Å². The van der Waals surface area contributed by atoms with Crippen molar-refractivity contribution in [1.29, 1.82) is 0 Å². The van der Waals surface area contributed by atoms with E-state index >= 15 is 0 Å². The lowest BCUT2D eigenvalue weighted by Crippen LogP contribution is -2.40. The quantitative estimate of drug-likeness (QED) is 0.311. The molecule has 0 aliphatic carbocycles. The van der Waals surface area contributed by atoms with E-state index in [0.717, 1.165) is 14.2 Å². The molecule has 0 aliphatic rings. The number of terminal acetylenes is 1. The summed E-state index contributed by atoms with van der Waals surface area (Å²) in [6, 6.07) is 0. The molecule has 5 heteroatoms. The minimum Gasteiger partial charge on any atom is -0.468 e. The highest BCUT2D eigenvalue weighted by Crippen LogP contribution is 2.29. The Bertz CT molecular complexity index is 428. The maximum Gasteiger partial charge on any atom is 0.325 e. The van der Waals surface area contributed by atoms with Gasteiger partial charge in [0.15, 0.2) is 5.41 Å². The summed E-state index contributed by atoms with van der Waals surface area (Å²) in [5.41, 5.74) is -1.68. The van der Waals surface area contributed by atoms with Crippen LogP contribution in [0.1, 0.15) is 19.8 Å². The first-order valence-electron chi connectivity index (χ1n) is 5.04. The van der Waals surface area contributed by atoms with Crippen molar-refractivity contribution in [3.8, 4) is 24.2 Å². The van der Waals surface area contributed by atoms with Crippen molar-refractivity contribution in [2.75, 3.05) is 14.2 Å². The molecule has 0 aromatic carbocycles. The summed E-state index contributed by atoms with van der Waals surface area (Å²) < 4.78 is 9.12. The lowest BCUT2D eigenvalue weighted by molar-refractivity contribution is -0.168. The van der Waals surface area contributed by atoms with E-state index in [9.17, 15) is 14.4 Å². The summed E-state index contributed by atoms with van der Waals surface area (Å²) in [6.07, 6.45) is 4.71. The molecule has 0 saturated carbocycles. The summed E-state index contributed by atoms with van der Waals surface area (Å²) in [5.74, 6) is 4.88. The van der Waals surface area contributed by atoms with Gasteiger partial charge in [0.2, 0.25) is 5.78 Å². The molecular formula is C13H14O5. The highest BCUT2D eigenvalue weighted by molar-refractivity contribution is 6.01. The van der Waals surface area contributed by atoms with E-state index in [1.165, 1.54) is 6.92 Å². The van der Waals surface area contributed by atoms with Crippen molar-refractivity contribution >= 4 is 17.7 Å². The molecule has 0 bridgehead atoms. The van der Waals surface area contributed by atoms with E-state index in [1.54, 1.807) is 0 Å². The van der Waals surface area contributed by atoms with Crippen molar-refractivity contribution < 1.29 is 23.9 Å². The Morgan fingerprint density at radius 3 is 1.94 bits per heavy atom. The molecule has 0 atom stereocenters. The van der Waals surface area contributed by atoms with Crippen LogP contribution in [0.5, 0.6) is 0 Å². The van der Waals surface area contributed by atoms with E-state index in [0.29, 0.717) is 0 Å². The summed E-state index contributed by atoms with van der Waals surface area (Å²) in [7, 11) is 2.27. The van der Waals surface area contributed by atoms with Crippen LogP contribution in [-0.2, 0) is 23.9 Å². The number of Topliss-reactive ketones (excluding diaryl/α,β-unsaturated/α-hetero) is 1. The van der Waals surface area contributed by atoms with Crippen LogP contribution in [0.4, 0.5) is 0 Å². The fourth-order valence-corrected chi connectivity index (χ4v) is 1.32. The van der Waals surface area contributed by atoms with E-state index in [2.05, 4.69) is 27.2 Å². The van der Waals surface area contributed by atoms with Gasteiger partial charge in [-0.2, -0.15) is 0 Å². The van der Waals surface area contributed by atoms with Crippen molar-refractivity contribution in [1.82, 2.24) is 0 Å². The molecule has 18 heavy (non-hydrogen) atoms. The zero-order valence-corrected chi connectivity index (χ0v) is 10.5. The number of rotatable bonds is 4. The second-order valence-electron chi connectivity index (χ2n) is 3.48. The van der Waals surface area contributed by atoms with Crippen LogP contribution in [0.25, 0.3) is 0 Å². The zero-order valence-electron chi connectivity index (χ0n) is 10.5. The minimum absolute atomic E-state index is 0.209. The number of carbonyl (C=O) groups is 3. The third kappa shape index (κ3) is 3.64. The molecule has 0 spiro atoms. The zero-order chi connectivity index (χ0) is 14.2. The highest BCUT2D eigenvalue weighted by atomic mass is 16.5. The second-order valence-corrected chi connectivity index (χ2v) is 3.48. The van der Waals surface area contributed by atoms with Gasteiger partial charge in [0.05, 0.1) is 14.2 Å².